The highest BCUT2D eigenvalue weighted by Gasteiger charge is 2.18. The smallest absolute Gasteiger partial charge is 0.137 e. The Morgan fingerprint density at radius 2 is 2.15 bits per heavy atom. The van der Waals surface area contributed by atoms with Gasteiger partial charge in [-0.05, 0) is 53.7 Å². The van der Waals surface area contributed by atoms with Gasteiger partial charge in [-0.3, -0.25) is 4.90 Å². The molecule has 3 nitrogen and oxygen atoms in total. The second-order valence-corrected chi connectivity index (χ2v) is 5.70. The summed E-state index contributed by atoms with van der Waals surface area (Å²) in [5, 5.41) is 0. The molecule has 1 aromatic carbocycles. The standard InChI is InChI=1S/C15H18BrFN2O/c1-10-12(5-6-20-10)9-19(2)15(8-18)11-3-4-13(16)14(17)7-11/h3-7,15H,8-9,18H2,1-2H3. The highest BCUT2D eigenvalue weighted by molar-refractivity contribution is 9.10. The van der Waals surface area contributed by atoms with E-state index in [1.54, 1.807) is 12.3 Å². The van der Waals surface area contributed by atoms with E-state index in [1.165, 1.54) is 6.07 Å². The van der Waals surface area contributed by atoms with Gasteiger partial charge in [0, 0.05) is 24.7 Å². The fourth-order valence-electron chi connectivity index (χ4n) is 2.24. The maximum Gasteiger partial charge on any atom is 0.137 e. The minimum absolute atomic E-state index is 0.0353. The van der Waals surface area contributed by atoms with Crippen molar-refractivity contribution in [2.24, 2.45) is 5.73 Å². The molecule has 0 aliphatic heterocycles. The van der Waals surface area contributed by atoms with Crippen molar-refractivity contribution in [2.45, 2.75) is 19.5 Å². The maximum absolute atomic E-state index is 13.7. The molecule has 0 radical (unpaired) electrons. The second kappa shape index (κ2) is 6.52. The van der Waals surface area contributed by atoms with Crippen LogP contribution in [0, 0.1) is 12.7 Å². The van der Waals surface area contributed by atoms with Crippen LogP contribution in [0.25, 0.3) is 0 Å². The molecule has 0 aliphatic rings. The fraction of sp³-hybridized carbons (Fsp3) is 0.333. The van der Waals surface area contributed by atoms with E-state index in [0.29, 0.717) is 17.6 Å². The van der Waals surface area contributed by atoms with E-state index in [4.69, 9.17) is 10.2 Å². The number of furan rings is 1. The van der Waals surface area contributed by atoms with Crippen LogP contribution in [0.4, 0.5) is 4.39 Å². The van der Waals surface area contributed by atoms with E-state index in [-0.39, 0.29) is 11.9 Å². The Hall–Kier alpha value is -1.17. The number of nitrogens with two attached hydrogens (primary N) is 1. The average Bonchev–Trinajstić information content (AvgIpc) is 2.80. The lowest BCUT2D eigenvalue weighted by Crippen LogP contribution is -2.30. The Morgan fingerprint density at radius 3 is 2.70 bits per heavy atom. The van der Waals surface area contributed by atoms with Crippen LogP contribution in [0.2, 0.25) is 0 Å². The summed E-state index contributed by atoms with van der Waals surface area (Å²) >= 11 is 3.16. The minimum Gasteiger partial charge on any atom is -0.469 e. The number of aryl methyl sites for hydroxylation is 1. The topological polar surface area (TPSA) is 42.4 Å². The van der Waals surface area contributed by atoms with Crippen LogP contribution in [0.15, 0.2) is 39.4 Å². The van der Waals surface area contributed by atoms with Gasteiger partial charge in [-0.25, -0.2) is 4.39 Å². The van der Waals surface area contributed by atoms with E-state index in [1.807, 2.05) is 26.1 Å². The number of benzene rings is 1. The quantitative estimate of drug-likeness (QED) is 0.903. The van der Waals surface area contributed by atoms with Gasteiger partial charge < -0.3 is 10.2 Å². The van der Waals surface area contributed by atoms with E-state index in [9.17, 15) is 4.39 Å². The van der Waals surface area contributed by atoms with Crippen LogP contribution in [0.3, 0.4) is 0 Å². The molecule has 2 aromatic rings. The summed E-state index contributed by atoms with van der Waals surface area (Å²) in [6.07, 6.45) is 1.68. The molecule has 0 bridgehead atoms. The molecule has 5 heteroatoms. The molecule has 0 spiro atoms. The molecule has 1 atom stereocenters. The average molecular weight is 341 g/mol. The van der Waals surface area contributed by atoms with E-state index >= 15 is 0 Å². The molecule has 0 saturated carbocycles. The lowest BCUT2D eigenvalue weighted by atomic mass is 10.0. The Balaban J connectivity index is 2.18. The van der Waals surface area contributed by atoms with Crippen molar-refractivity contribution in [1.82, 2.24) is 4.90 Å². The maximum atomic E-state index is 13.7. The zero-order valence-electron chi connectivity index (χ0n) is 11.6. The second-order valence-electron chi connectivity index (χ2n) is 4.84. The zero-order valence-corrected chi connectivity index (χ0v) is 13.2. The fourth-order valence-corrected chi connectivity index (χ4v) is 2.49. The summed E-state index contributed by atoms with van der Waals surface area (Å²) in [5.74, 6) is 0.628. The highest BCUT2D eigenvalue weighted by Crippen LogP contribution is 2.25. The van der Waals surface area contributed by atoms with E-state index < -0.39 is 0 Å². The molecular formula is C15H18BrFN2O. The van der Waals surface area contributed by atoms with Gasteiger partial charge >= 0.3 is 0 Å². The number of hydrogen-bond acceptors (Lipinski definition) is 3. The molecule has 2 N–H and O–H groups in total. The molecule has 108 valence electrons. The molecule has 1 unspecified atom stereocenters. The largest absolute Gasteiger partial charge is 0.469 e. The van der Waals surface area contributed by atoms with E-state index in [2.05, 4.69) is 20.8 Å². The molecule has 0 fully saturated rings. The van der Waals surface area contributed by atoms with Crippen molar-refractivity contribution in [3.05, 3.63) is 57.7 Å². The third kappa shape index (κ3) is 3.29. The number of hydrogen-bond donors (Lipinski definition) is 1. The van der Waals surface area contributed by atoms with Gasteiger partial charge in [0.15, 0.2) is 0 Å². The third-order valence-electron chi connectivity index (χ3n) is 3.47. The first kappa shape index (κ1) is 15.2. The van der Waals surface area contributed by atoms with Crippen molar-refractivity contribution >= 4 is 15.9 Å². The lowest BCUT2D eigenvalue weighted by molar-refractivity contribution is 0.240. The number of rotatable bonds is 5. The van der Waals surface area contributed by atoms with Crippen LogP contribution >= 0.6 is 15.9 Å². The Kier molecular flexibility index (Phi) is 4.96. The summed E-state index contributed by atoms with van der Waals surface area (Å²) in [5.41, 5.74) is 7.85. The molecule has 1 aromatic heterocycles. The van der Waals surface area contributed by atoms with E-state index in [0.717, 1.165) is 16.9 Å². The van der Waals surface area contributed by atoms with Crippen molar-refractivity contribution in [3.63, 3.8) is 0 Å². The van der Waals surface area contributed by atoms with Gasteiger partial charge in [0.1, 0.15) is 11.6 Å². The van der Waals surface area contributed by atoms with Gasteiger partial charge in [-0.1, -0.05) is 6.07 Å². The molecular weight excluding hydrogens is 323 g/mol. The van der Waals surface area contributed by atoms with Gasteiger partial charge in [-0.2, -0.15) is 0 Å². The van der Waals surface area contributed by atoms with Gasteiger partial charge in [-0.15, -0.1) is 0 Å². The summed E-state index contributed by atoms with van der Waals surface area (Å²) in [6.45, 7) is 3.07. The molecule has 20 heavy (non-hydrogen) atoms. The Labute approximate surface area is 126 Å². The van der Waals surface area contributed by atoms with Crippen molar-refractivity contribution in [2.75, 3.05) is 13.6 Å². The summed E-state index contributed by atoms with van der Waals surface area (Å²) in [4.78, 5) is 2.10. The molecule has 0 aliphatic carbocycles. The minimum atomic E-state index is -0.270. The lowest BCUT2D eigenvalue weighted by Gasteiger charge is -2.27. The third-order valence-corrected chi connectivity index (χ3v) is 4.11. The monoisotopic (exact) mass is 340 g/mol. The molecule has 1 heterocycles. The molecule has 2 rings (SSSR count). The summed E-state index contributed by atoms with van der Waals surface area (Å²) < 4.78 is 19.4. The first-order chi connectivity index (χ1) is 9.52. The number of nitrogens with zero attached hydrogens (tertiary/aromatic N) is 1. The molecule has 0 amide bonds. The van der Waals surface area contributed by atoms with Gasteiger partial charge in [0.05, 0.1) is 10.7 Å². The Morgan fingerprint density at radius 1 is 1.40 bits per heavy atom. The SMILES string of the molecule is Cc1occc1CN(C)C(CN)c1ccc(Br)c(F)c1. The highest BCUT2D eigenvalue weighted by atomic mass is 79.9. The summed E-state index contributed by atoms with van der Waals surface area (Å²) in [6, 6.07) is 7.04. The van der Waals surface area contributed by atoms with Crippen LogP contribution in [-0.4, -0.2) is 18.5 Å². The first-order valence-electron chi connectivity index (χ1n) is 6.41. The van der Waals surface area contributed by atoms with Crippen molar-refractivity contribution < 1.29 is 8.81 Å². The predicted octanol–water partition coefficient (Wildman–Crippen LogP) is 3.62. The van der Waals surface area contributed by atoms with Crippen LogP contribution < -0.4 is 5.73 Å². The number of halogens is 2. The van der Waals surface area contributed by atoms with Crippen LogP contribution in [0.1, 0.15) is 22.9 Å². The zero-order chi connectivity index (χ0) is 14.7. The Bertz CT molecular complexity index is 585. The van der Waals surface area contributed by atoms with Gasteiger partial charge in [0.25, 0.3) is 0 Å². The number of likely N-dealkylation sites (N-methyl/N-ethyl adjacent to an activating group) is 1. The predicted molar refractivity (Wildman–Crippen MR) is 80.8 cm³/mol. The van der Waals surface area contributed by atoms with Crippen molar-refractivity contribution in [3.8, 4) is 0 Å². The summed E-state index contributed by atoms with van der Waals surface area (Å²) in [7, 11) is 1.98. The van der Waals surface area contributed by atoms with Crippen molar-refractivity contribution in [1.29, 1.82) is 0 Å². The normalized spacial score (nSPS) is 12.9. The molecule has 0 saturated heterocycles. The first-order valence-corrected chi connectivity index (χ1v) is 7.20. The van der Waals surface area contributed by atoms with Crippen LogP contribution in [0.5, 0.6) is 0 Å². The van der Waals surface area contributed by atoms with Gasteiger partial charge in [0.2, 0.25) is 0 Å². The van der Waals surface area contributed by atoms with Crippen LogP contribution in [-0.2, 0) is 6.54 Å².